The molecule has 0 radical (unpaired) electrons. The number of aryl methyl sites for hydroxylation is 1. The fraction of sp³-hybridized carbons (Fsp3) is 0.238. The Hall–Kier alpha value is -2.62. The van der Waals surface area contributed by atoms with Crippen molar-refractivity contribution in [2.75, 3.05) is 14.2 Å². The summed E-state index contributed by atoms with van der Waals surface area (Å²) in [5, 5.41) is 6.44. The van der Waals surface area contributed by atoms with E-state index in [2.05, 4.69) is 20.6 Å². The molecule has 0 atom stereocenters. The molecule has 3 aromatic rings. The molecule has 3 rings (SSSR count). The van der Waals surface area contributed by atoms with Crippen molar-refractivity contribution >= 4 is 29.9 Å². The van der Waals surface area contributed by atoms with Gasteiger partial charge in [-0.3, -0.25) is 4.99 Å². The van der Waals surface area contributed by atoms with Crippen molar-refractivity contribution in [3.05, 3.63) is 77.6 Å². The second-order valence-electron chi connectivity index (χ2n) is 6.22. The Kier molecular flexibility index (Phi) is 8.44. The summed E-state index contributed by atoms with van der Waals surface area (Å²) in [6.45, 7) is 2.86. The number of nitrogens with zero attached hydrogens (tertiary/aromatic N) is 3. The van der Waals surface area contributed by atoms with Crippen molar-refractivity contribution < 1.29 is 9.13 Å². The first-order valence-electron chi connectivity index (χ1n) is 8.97. The quantitative estimate of drug-likeness (QED) is 0.302. The molecule has 0 saturated heterocycles. The van der Waals surface area contributed by atoms with Gasteiger partial charge in [0.2, 0.25) is 0 Å². The van der Waals surface area contributed by atoms with Crippen LogP contribution in [0.5, 0.6) is 5.75 Å². The Labute approximate surface area is 187 Å². The number of hydrogen-bond donors (Lipinski definition) is 2. The molecule has 0 aliphatic heterocycles. The minimum Gasteiger partial charge on any atom is -0.496 e. The monoisotopic (exact) mass is 509 g/mol. The predicted molar refractivity (Wildman–Crippen MR) is 124 cm³/mol. The van der Waals surface area contributed by atoms with E-state index < -0.39 is 0 Å². The average molecular weight is 509 g/mol. The standard InChI is InChI=1S/C21H24FN5O.HI/c1-15-24-10-11-27(15)19-9-8-16(12-18(19)22)13-25-21(23-2)26-14-17-6-4-5-7-20(17)28-3;/h4-12H,13-14H2,1-3H3,(H2,23,25,26);1H. The zero-order valence-electron chi connectivity index (χ0n) is 16.6. The first-order valence-corrected chi connectivity index (χ1v) is 8.97. The van der Waals surface area contributed by atoms with Gasteiger partial charge in [-0.25, -0.2) is 9.37 Å². The third kappa shape index (κ3) is 5.69. The fourth-order valence-corrected chi connectivity index (χ4v) is 2.92. The summed E-state index contributed by atoms with van der Waals surface area (Å²) in [6.07, 6.45) is 3.40. The number of para-hydroxylation sites is 1. The highest BCUT2D eigenvalue weighted by molar-refractivity contribution is 14.0. The Morgan fingerprint density at radius 3 is 2.59 bits per heavy atom. The maximum absolute atomic E-state index is 14.5. The number of aliphatic imine (C=N–C) groups is 1. The Morgan fingerprint density at radius 1 is 1.17 bits per heavy atom. The smallest absolute Gasteiger partial charge is 0.191 e. The van der Waals surface area contributed by atoms with Crippen molar-refractivity contribution in [1.29, 1.82) is 0 Å². The summed E-state index contributed by atoms with van der Waals surface area (Å²) < 4.78 is 21.6. The lowest BCUT2D eigenvalue weighted by Crippen LogP contribution is -2.36. The SMILES string of the molecule is CN=C(NCc1ccc(-n2ccnc2C)c(F)c1)NCc1ccccc1OC.I. The highest BCUT2D eigenvalue weighted by atomic mass is 127. The third-order valence-corrected chi connectivity index (χ3v) is 4.42. The van der Waals surface area contributed by atoms with E-state index in [-0.39, 0.29) is 29.8 Å². The van der Waals surface area contributed by atoms with Crippen LogP contribution in [0.4, 0.5) is 4.39 Å². The van der Waals surface area contributed by atoms with Crippen molar-refractivity contribution in [3.63, 3.8) is 0 Å². The van der Waals surface area contributed by atoms with Gasteiger partial charge in [-0.05, 0) is 30.7 Å². The zero-order chi connectivity index (χ0) is 19.9. The summed E-state index contributed by atoms with van der Waals surface area (Å²) >= 11 is 0. The van der Waals surface area contributed by atoms with Gasteiger partial charge in [0.05, 0.1) is 12.8 Å². The summed E-state index contributed by atoms with van der Waals surface area (Å²) in [7, 11) is 3.35. The molecule has 6 nitrogen and oxygen atoms in total. The summed E-state index contributed by atoms with van der Waals surface area (Å²) in [6, 6.07) is 13.0. The molecule has 0 aliphatic carbocycles. The molecule has 0 spiro atoms. The normalized spacial score (nSPS) is 11.0. The maximum atomic E-state index is 14.5. The Morgan fingerprint density at radius 2 is 1.93 bits per heavy atom. The van der Waals surface area contributed by atoms with Crippen molar-refractivity contribution in [2.45, 2.75) is 20.0 Å². The average Bonchev–Trinajstić information content (AvgIpc) is 3.14. The largest absolute Gasteiger partial charge is 0.496 e. The number of nitrogens with one attached hydrogen (secondary N) is 2. The molecule has 0 fully saturated rings. The van der Waals surface area contributed by atoms with Crippen molar-refractivity contribution in [2.24, 2.45) is 4.99 Å². The van der Waals surface area contributed by atoms with E-state index in [0.29, 0.717) is 24.7 Å². The lowest BCUT2D eigenvalue weighted by Gasteiger charge is -2.14. The van der Waals surface area contributed by atoms with Crippen LogP contribution in [-0.4, -0.2) is 29.7 Å². The molecule has 8 heteroatoms. The molecule has 0 bridgehead atoms. The lowest BCUT2D eigenvalue weighted by molar-refractivity contribution is 0.409. The van der Waals surface area contributed by atoms with E-state index >= 15 is 0 Å². The summed E-state index contributed by atoms with van der Waals surface area (Å²) in [5.74, 6) is 1.89. The van der Waals surface area contributed by atoms with E-state index in [4.69, 9.17) is 4.74 Å². The van der Waals surface area contributed by atoms with Crippen LogP contribution in [0.3, 0.4) is 0 Å². The van der Waals surface area contributed by atoms with Gasteiger partial charge in [0.15, 0.2) is 5.96 Å². The minimum absolute atomic E-state index is 0. The number of rotatable bonds is 6. The summed E-state index contributed by atoms with van der Waals surface area (Å²) in [5.41, 5.74) is 2.33. The molecular weight excluding hydrogens is 484 g/mol. The third-order valence-electron chi connectivity index (χ3n) is 4.42. The molecular formula is C21H25FIN5O. The van der Waals surface area contributed by atoms with Crippen LogP contribution in [0.1, 0.15) is 17.0 Å². The van der Waals surface area contributed by atoms with Crippen LogP contribution < -0.4 is 15.4 Å². The number of imidazole rings is 1. The first-order chi connectivity index (χ1) is 13.6. The molecule has 1 heterocycles. The minimum atomic E-state index is -0.294. The fourth-order valence-electron chi connectivity index (χ4n) is 2.92. The molecule has 0 unspecified atom stereocenters. The number of benzene rings is 2. The van der Waals surface area contributed by atoms with E-state index in [1.807, 2.05) is 37.3 Å². The highest BCUT2D eigenvalue weighted by Crippen LogP contribution is 2.17. The topological polar surface area (TPSA) is 63.5 Å². The molecule has 2 aromatic carbocycles. The van der Waals surface area contributed by atoms with Crippen LogP contribution in [-0.2, 0) is 13.1 Å². The van der Waals surface area contributed by atoms with Gasteiger partial charge in [-0.15, -0.1) is 24.0 Å². The number of halogens is 2. The number of hydrogen-bond acceptors (Lipinski definition) is 3. The van der Waals surface area contributed by atoms with Gasteiger partial charge in [-0.2, -0.15) is 0 Å². The number of ether oxygens (including phenoxy) is 1. The zero-order valence-corrected chi connectivity index (χ0v) is 19.0. The van der Waals surface area contributed by atoms with Gasteiger partial charge in [0, 0.05) is 38.1 Å². The van der Waals surface area contributed by atoms with Crippen LogP contribution >= 0.6 is 24.0 Å². The van der Waals surface area contributed by atoms with E-state index in [1.165, 1.54) is 6.07 Å². The molecule has 0 aliphatic rings. The van der Waals surface area contributed by atoms with Crippen LogP contribution in [0.2, 0.25) is 0 Å². The van der Waals surface area contributed by atoms with Gasteiger partial charge < -0.3 is 19.9 Å². The van der Waals surface area contributed by atoms with Crippen LogP contribution in [0.25, 0.3) is 5.69 Å². The first kappa shape index (κ1) is 22.7. The van der Waals surface area contributed by atoms with Crippen LogP contribution in [0, 0.1) is 12.7 Å². The number of aromatic nitrogens is 2. The molecule has 29 heavy (non-hydrogen) atoms. The van der Waals surface area contributed by atoms with E-state index in [1.54, 1.807) is 37.2 Å². The van der Waals surface area contributed by atoms with E-state index in [9.17, 15) is 4.39 Å². The van der Waals surface area contributed by atoms with Crippen molar-refractivity contribution in [3.8, 4) is 11.4 Å². The number of methoxy groups -OCH3 is 1. The predicted octanol–water partition coefficient (Wildman–Crippen LogP) is 3.81. The second kappa shape index (κ2) is 10.8. The Bertz CT molecular complexity index is 973. The molecule has 0 saturated carbocycles. The van der Waals surface area contributed by atoms with Gasteiger partial charge in [0.1, 0.15) is 17.4 Å². The number of guanidine groups is 1. The second-order valence-corrected chi connectivity index (χ2v) is 6.22. The van der Waals surface area contributed by atoms with Gasteiger partial charge in [-0.1, -0.05) is 24.3 Å². The molecule has 2 N–H and O–H groups in total. The van der Waals surface area contributed by atoms with E-state index in [0.717, 1.165) is 22.7 Å². The van der Waals surface area contributed by atoms with Crippen LogP contribution in [0.15, 0.2) is 59.9 Å². The molecule has 0 amide bonds. The lowest BCUT2D eigenvalue weighted by atomic mass is 10.2. The highest BCUT2D eigenvalue weighted by Gasteiger charge is 2.09. The summed E-state index contributed by atoms with van der Waals surface area (Å²) in [4.78, 5) is 8.35. The molecule has 1 aromatic heterocycles. The van der Waals surface area contributed by atoms with Gasteiger partial charge in [0.25, 0.3) is 0 Å². The van der Waals surface area contributed by atoms with Gasteiger partial charge >= 0.3 is 0 Å². The van der Waals surface area contributed by atoms with Crippen molar-refractivity contribution in [1.82, 2.24) is 20.2 Å². The Balaban J connectivity index is 0.00000300. The molecule has 154 valence electrons. The maximum Gasteiger partial charge on any atom is 0.191 e.